The number of nitrogens with zero attached hydrogens (tertiary/aromatic N) is 1. The van der Waals surface area contributed by atoms with Gasteiger partial charge in [0.25, 0.3) is 10.0 Å². The van der Waals surface area contributed by atoms with E-state index in [1.165, 1.54) is 27.4 Å². The minimum Gasteiger partial charge on any atom is -0.493 e. The molecule has 0 aromatic heterocycles. The quantitative estimate of drug-likeness (QED) is 0.710. The van der Waals surface area contributed by atoms with Crippen LogP contribution in [0.15, 0.2) is 35.2 Å². The fraction of sp³-hybridized carbons (Fsp3) is 0.250. The van der Waals surface area contributed by atoms with Gasteiger partial charge in [0.2, 0.25) is 5.75 Å². The van der Waals surface area contributed by atoms with Gasteiger partial charge in [0, 0.05) is 5.56 Å². The van der Waals surface area contributed by atoms with Crippen LogP contribution in [0.3, 0.4) is 0 Å². The number of aryl methyl sites for hydroxylation is 2. The smallest absolute Gasteiger partial charge is 0.272 e. The molecule has 2 rings (SSSR count). The Hall–Kier alpha value is -3.18. The summed E-state index contributed by atoms with van der Waals surface area (Å²) in [6.07, 6.45) is 1.23. The van der Waals surface area contributed by atoms with Gasteiger partial charge in [-0.05, 0) is 43.7 Å². The number of hydrogen-bond acceptors (Lipinski definition) is 6. The van der Waals surface area contributed by atoms with Crippen LogP contribution in [0, 0.1) is 25.2 Å². The molecule has 148 valence electrons. The number of nitriles is 1. The summed E-state index contributed by atoms with van der Waals surface area (Å²) >= 11 is 0. The van der Waals surface area contributed by atoms with E-state index in [-0.39, 0.29) is 5.75 Å². The number of anilines is 1. The van der Waals surface area contributed by atoms with Crippen LogP contribution in [0.2, 0.25) is 0 Å². The van der Waals surface area contributed by atoms with E-state index in [4.69, 9.17) is 14.2 Å². The molecule has 0 aliphatic rings. The summed E-state index contributed by atoms with van der Waals surface area (Å²) in [5.41, 5.74) is 2.53. The highest BCUT2D eigenvalue weighted by Gasteiger charge is 2.21. The SMILES string of the molecule is COc1ccc(/C=C(\C#N)S(=O)(=O)Nc2ccc(C)cc2C)c(OC)c1OC. The molecule has 0 fully saturated rings. The van der Waals surface area contributed by atoms with E-state index in [1.807, 2.05) is 13.0 Å². The fourth-order valence-corrected chi connectivity index (χ4v) is 3.71. The molecule has 28 heavy (non-hydrogen) atoms. The molecule has 0 heterocycles. The van der Waals surface area contributed by atoms with Crippen LogP contribution in [0.25, 0.3) is 6.08 Å². The van der Waals surface area contributed by atoms with Crippen LogP contribution in [-0.2, 0) is 10.0 Å². The summed E-state index contributed by atoms with van der Waals surface area (Å²) in [4.78, 5) is -0.460. The van der Waals surface area contributed by atoms with Crippen molar-refractivity contribution in [2.24, 2.45) is 0 Å². The van der Waals surface area contributed by atoms with Crippen LogP contribution in [-0.4, -0.2) is 29.7 Å². The molecule has 0 spiro atoms. The third-order valence-corrected chi connectivity index (χ3v) is 5.32. The largest absolute Gasteiger partial charge is 0.493 e. The lowest BCUT2D eigenvalue weighted by Crippen LogP contribution is -2.15. The molecule has 1 N–H and O–H groups in total. The molecule has 8 heteroatoms. The zero-order valence-corrected chi connectivity index (χ0v) is 17.2. The monoisotopic (exact) mass is 402 g/mol. The van der Waals surface area contributed by atoms with Crippen molar-refractivity contribution in [1.29, 1.82) is 5.26 Å². The van der Waals surface area contributed by atoms with Crippen molar-refractivity contribution >= 4 is 21.8 Å². The third kappa shape index (κ3) is 4.38. The van der Waals surface area contributed by atoms with Crippen molar-refractivity contribution in [3.8, 4) is 23.3 Å². The summed E-state index contributed by atoms with van der Waals surface area (Å²) in [6.45, 7) is 3.70. The number of nitrogens with one attached hydrogen (secondary N) is 1. The highest BCUT2D eigenvalue weighted by Crippen LogP contribution is 2.40. The van der Waals surface area contributed by atoms with Gasteiger partial charge in [-0.1, -0.05) is 17.7 Å². The van der Waals surface area contributed by atoms with Crippen molar-refractivity contribution in [2.45, 2.75) is 13.8 Å². The predicted octanol–water partition coefficient (Wildman–Crippen LogP) is 3.64. The van der Waals surface area contributed by atoms with E-state index in [0.717, 1.165) is 11.1 Å². The first-order valence-electron chi connectivity index (χ1n) is 8.28. The molecule has 2 aromatic rings. The highest BCUT2D eigenvalue weighted by molar-refractivity contribution is 7.97. The lowest BCUT2D eigenvalue weighted by Gasteiger charge is -2.14. The summed E-state index contributed by atoms with van der Waals surface area (Å²) in [7, 11) is 0.243. The molecule has 2 aromatic carbocycles. The summed E-state index contributed by atoms with van der Waals surface area (Å²) in [6, 6.07) is 10.2. The third-order valence-electron chi connectivity index (χ3n) is 4.05. The molecular weight excluding hydrogens is 380 g/mol. The van der Waals surface area contributed by atoms with Crippen molar-refractivity contribution in [3.05, 3.63) is 51.9 Å². The van der Waals surface area contributed by atoms with E-state index in [0.29, 0.717) is 22.7 Å². The van der Waals surface area contributed by atoms with Crippen LogP contribution >= 0.6 is 0 Å². The second-order valence-electron chi connectivity index (χ2n) is 5.97. The van der Waals surface area contributed by atoms with Gasteiger partial charge in [-0.25, -0.2) is 8.42 Å². The molecule has 0 aliphatic carbocycles. The Kier molecular flexibility index (Phi) is 6.54. The maximum atomic E-state index is 12.8. The Labute approximate surface area is 165 Å². The van der Waals surface area contributed by atoms with Crippen molar-refractivity contribution in [1.82, 2.24) is 0 Å². The zero-order chi connectivity index (χ0) is 20.9. The molecule has 0 unspecified atom stereocenters. The van der Waals surface area contributed by atoms with E-state index >= 15 is 0 Å². The van der Waals surface area contributed by atoms with Crippen molar-refractivity contribution in [3.63, 3.8) is 0 Å². The fourth-order valence-electron chi connectivity index (χ4n) is 2.68. The number of allylic oxidation sites excluding steroid dienone is 1. The highest BCUT2D eigenvalue weighted by atomic mass is 32.2. The Morgan fingerprint density at radius 1 is 1.04 bits per heavy atom. The number of rotatable bonds is 7. The molecule has 0 aliphatic heterocycles. The first kappa shape index (κ1) is 21.1. The van der Waals surface area contributed by atoms with E-state index in [2.05, 4.69) is 4.72 Å². The van der Waals surface area contributed by atoms with Crippen LogP contribution < -0.4 is 18.9 Å². The van der Waals surface area contributed by atoms with Gasteiger partial charge in [0.1, 0.15) is 6.07 Å². The van der Waals surface area contributed by atoms with Gasteiger partial charge in [-0.15, -0.1) is 0 Å². The number of hydrogen-bond donors (Lipinski definition) is 1. The van der Waals surface area contributed by atoms with Crippen molar-refractivity contribution < 1.29 is 22.6 Å². The zero-order valence-electron chi connectivity index (χ0n) is 16.4. The van der Waals surface area contributed by atoms with Crippen molar-refractivity contribution in [2.75, 3.05) is 26.1 Å². The summed E-state index contributed by atoms with van der Waals surface area (Å²) in [5, 5.41) is 9.47. The Morgan fingerprint density at radius 2 is 1.71 bits per heavy atom. The number of methoxy groups -OCH3 is 3. The lowest BCUT2D eigenvalue weighted by molar-refractivity contribution is 0.324. The second-order valence-corrected chi connectivity index (χ2v) is 7.62. The van der Waals surface area contributed by atoms with Gasteiger partial charge in [-0.2, -0.15) is 5.26 Å². The molecular formula is C20H22N2O5S. The normalized spacial score (nSPS) is 11.5. The van der Waals surface area contributed by atoms with E-state index < -0.39 is 14.9 Å². The molecule has 0 amide bonds. The van der Waals surface area contributed by atoms with Crippen LogP contribution in [0.4, 0.5) is 5.69 Å². The molecule has 0 saturated carbocycles. The molecule has 0 atom stereocenters. The maximum Gasteiger partial charge on any atom is 0.272 e. The van der Waals surface area contributed by atoms with Gasteiger partial charge < -0.3 is 14.2 Å². The van der Waals surface area contributed by atoms with Crippen LogP contribution in [0.1, 0.15) is 16.7 Å². The topological polar surface area (TPSA) is 97.7 Å². The molecule has 0 radical (unpaired) electrons. The maximum absolute atomic E-state index is 12.8. The number of benzene rings is 2. The number of sulfonamides is 1. The first-order valence-corrected chi connectivity index (χ1v) is 9.76. The molecule has 7 nitrogen and oxygen atoms in total. The van der Waals surface area contributed by atoms with Gasteiger partial charge in [-0.3, -0.25) is 4.72 Å². The standard InChI is InChI=1S/C20H22N2O5S/c1-13-6-8-17(14(2)10-13)22-28(23,24)16(12-21)11-15-7-9-18(25-3)20(27-5)19(15)26-4/h6-11,22H,1-5H3/b16-11+. The average Bonchev–Trinajstić information content (AvgIpc) is 2.67. The molecule has 0 saturated heterocycles. The summed E-state index contributed by atoms with van der Waals surface area (Å²) < 4.78 is 43.8. The van der Waals surface area contributed by atoms with Crippen LogP contribution in [0.5, 0.6) is 17.2 Å². The van der Waals surface area contributed by atoms with Gasteiger partial charge in [0.15, 0.2) is 16.4 Å². The second kappa shape index (κ2) is 8.67. The minimum atomic E-state index is -4.10. The molecule has 0 bridgehead atoms. The predicted molar refractivity (Wildman–Crippen MR) is 108 cm³/mol. The average molecular weight is 402 g/mol. The first-order chi connectivity index (χ1) is 13.3. The Morgan fingerprint density at radius 3 is 2.25 bits per heavy atom. The Bertz CT molecular complexity index is 1050. The van der Waals surface area contributed by atoms with Gasteiger partial charge >= 0.3 is 0 Å². The minimum absolute atomic E-state index is 0.260. The van der Waals surface area contributed by atoms with E-state index in [1.54, 1.807) is 37.3 Å². The lowest BCUT2D eigenvalue weighted by atomic mass is 10.1. The number of ether oxygens (including phenoxy) is 3. The van der Waals surface area contributed by atoms with Gasteiger partial charge in [0.05, 0.1) is 27.0 Å². The van der Waals surface area contributed by atoms with E-state index in [9.17, 15) is 13.7 Å². The summed E-state index contributed by atoms with van der Waals surface area (Å²) in [5.74, 6) is 0.985. The Balaban J connectivity index is 2.52.